The van der Waals surface area contributed by atoms with Crippen molar-refractivity contribution >= 4 is 11.9 Å². The van der Waals surface area contributed by atoms with Crippen LogP contribution in [-0.4, -0.2) is 39.3 Å². The maximum absolute atomic E-state index is 9.55. The second-order valence-corrected chi connectivity index (χ2v) is 6.22. The molecule has 8 nitrogen and oxygen atoms in total. The minimum atomic E-state index is 0.0763. The predicted molar refractivity (Wildman–Crippen MR) is 102 cm³/mol. The first-order valence-electron chi connectivity index (χ1n) is 8.98. The molecule has 1 aromatic carbocycles. The van der Waals surface area contributed by atoms with E-state index in [0.717, 1.165) is 18.4 Å². The molecule has 1 aliphatic rings. The van der Waals surface area contributed by atoms with Crippen molar-refractivity contribution in [1.82, 2.24) is 19.9 Å². The van der Waals surface area contributed by atoms with Crippen LogP contribution in [0.15, 0.2) is 48.9 Å². The summed E-state index contributed by atoms with van der Waals surface area (Å²) in [6, 6.07) is 11.2. The zero-order valence-corrected chi connectivity index (χ0v) is 15.1. The lowest BCUT2D eigenvalue weighted by atomic mass is 10.1. The predicted octanol–water partition coefficient (Wildman–Crippen LogP) is 3.11. The molecule has 0 bridgehead atoms. The molecule has 0 saturated carbocycles. The van der Waals surface area contributed by atoms with E-state index in [-0.39, 0.29) is 6.10 Å². The van der Waals surface area contributed by atoms with Gasteiger partial charge in [0.05, 0.1) is 24.5 Å². The van der Waals surface area contributed by atoms with Gasteiger partial charge in [-0.15, -0.1) is 0 Å². The summed E-state index contributed by atoms with van der Waals surface area (Å²) in [5, 5.41) is 12.5. The van der Waals surface area contributed by atoms with E-state index in [0.29, 0.717) is 42.1 Å². The minimum Gasteiger partial charge on any atom is -0.489 e. The molecular formula is C20H18N6O2. The zero-order valence-electron chi connectivity index (χ0n) is 15.1. The maximum Gasteiger partial charge on any atom is 0.230 e. The molecule has 0 amide bonds. The summed E-state index contributed by atoms with van der Waals surface area (Å²) >= 11 is 0. The first-order valence-corrected chi connectivity index (χ1v) is 8.98. The van der Waals surface area contributed by atoms with Gasteiger partial charge in [0, 0.05) is 37.0 Å². The first kappa shape index (κ1) is 17.8. The van der Waals surface area contributed by atoms with E-state index < -0.39 is 0 Å². The molecule has 0 unspecified atom stereocenters. The van der Waals surface area contributed by atoms with Crippen molar-refractivity contribution in [3.05, 3.63) is 54.5 Å². The van der Waals surface area contributed by atoms with Gasteiger partial charge in [-0.25, -0.2) is 19.9 Å². The Morgan fingerprint density at radius 2 is 1.82 bits per heavy atom. The molecule has 1 aliphatic heterocycles. The smallest absolute Gasteiger partial charge is 0.230 e. The van der Waals surface area contributed by atoms with Crippen molar-refractivity contribution in [3.63, 3.8) is 0 Å². The highest BCUT2D eigenvalue weighted by Gasteiger charge is 2.17. The van der Waals surface area contributed by atoms with Crippen molar-refractivity contribution < 1.29 is 9.47 Å². The highest BCUT2D eigenvalue weighted by molar-refractivity contribution is 5.65. The summed E-state index contributed by atoms with van der Waals surface area (Å²) in [5.74, 6) is 1.38. The number of ether oxygens (including phenoxy) is 2. The van der Waals surface area contributed by atoms with E-state index in [2.05, 4.69) is 31.3 Å². The number of nitriles is 1. The van der Waals surface area contributed by atoms with E-state index in [1.807, 2.05) is 12.1 Å². The number of hydrogen-bond donors (Lipinski definition) is 1. The molecule has 1 saturated heterocycles. The Morgan fingerprint density at radius 1 is 1.04 bits per heavy atom. The Morgan fingerprint density at radius 3 is 2.61 bits per heavy atom. The van der Waals surface area contributed by atoms with Crippen LogP contribution in [-0.2, 0) is 4.74 Å². The molecule has 0 atom stereocenters. The van der Waals surface area contributed by atoms with Gasteiger partial charge < -0.3 is 9.47 Å². The minimum absolute atomic E-state index is 0.0763. The topological polar surface area (TPSA) is 106 Å². The van der Waals surface area contributed by atoms with Gasteiger partial charge in [0.15, 0.2) is 0 Å². The van der Waals surface area contributed by atoms with Gasteiger partial charge in [-0.1, -0.05) is 0 Å². The lowest BCUT2D eigenvalue weighted by Crippen LogP contribution is -2.26. The van der Waals surface area contributed by atoms with Gasteiger partial charge >= 0.3 is 0 Å². The second kappa shape index (κ2) is 8.41. The van der Waals surface area contributed by atoms with Gasteiger partial charge in [0.1, 0.15) is 17.9 Å². The van der Waals surface area contributed by atoms with E-state index >= 15 is 0 Å². The zero-order chi connectivity index (χ0) is 19.2. The Hall–Kier alpha value is -3.57. The highest BCUT2D eigenvalue weighted by atomic mass is 16.5. The summed E-state index contributed by atoms with van der Waals surface area (Å²) < 4.78 is 11.4. The molecule has 4 rings (SSSR count). The van der Waals surface area contributed by atoms with Crippen LogP contribution in [0.1, 0.15) is 18.4 Å². The number of hydrogen-bond acceptors (Lipinski definition) is 8. The monoisotopic (exact) mass is 374 g/mol. The average molecular weight is 374 g/mol. The SMILES string of the molecule is N#Cc1cc(-c2ccnc(Nc3ncccn3)n2)ccc1OC1CCOCC1. The fourth-order valence-corrected chi connectivity index (χ4v) is 2.90. The van der Waals surface area contributed by atoms with Gasteiger partial charge in [0.25, 0.3) is 0 Å². The van der Waals surface area contributed by atoms with E-state index in [1.54, 1.807) is 36.8 Å². The second-order valence-electron chi connectivity index (χ2n) is 6.22. The van der Waals surface area contributed by atoms with E-state index in [1.165, 1.54) is 0 Å². The molecule has 0 radical (unpaired) electrons. The third kappa shape index (κ3) is 4.22. The molecule has 1 fully saturated rings. The van der Waals surface area contributed by atoms with Crippen LogP contribution in [0.4, 0.5) is 11.9 Å². The Labute approximate surface area is 162 Å². The van der Waals surface area contributed by atoms with E-state index in [4.69, 9.17) is 9.47 Å². The molecule has 1 N–H and O–H groups in total. The van der Waals surface area contributed by atoms with Gasteiger partial charge in [-0.05, 0) is 30.3 Å². The van der Waals surface area contributed by atoms with Crippen molar-refractivity contribution in [2.24, 2.45) is 0 Å². The molecule has 0 spiro atoms. The number of anilines is 2. The summed E-state index contributed by atoms with van der Waals surface area (Å²) in [6.07, 6.45) is 6.65. The fourth-order valence-electron chi connectivity index (χ4n) is 2.90. The van der Waals surface area contributed by atoms with Crippen LogP contribution in [0.2, 0.25) is 0 Å². The molecule has 2 aromatic heterocycles. The Kier molecular flexibility index (Phi) is 5.36. The fraction of sp³-hybridized carbons (Fsp3) is 0.250. The van der Waals surface area contributed by atoms with Crippen molar-refractivity contribution in [3.8, 4) is 23.1 Å². The van der Waals surface area contributed by atoms with Crippen molar-refractivity contribution in [2.75, 3.05) is 18.5 Å². The molecule has 28 heavy (non-hydrogen) atoms. The molecule has 140 valence electrons. The number of benzene rings is 1. The van der Waals surface area contributed by atoms with Crippen LogP contribution < -0.4 is 10.1 Å². The first-order chi connectivity index (χ1) is 13.8. The van der Waals surface area contributed by atoms with Crippen molar-refractivity contribution in [1.29, 1.82) is 5.26 Å². The lowest BCUT2D eigenvalue weighted by molar-refractivity contribution is 0.0254. The molecular weight excluding hydrogens is 356 g/mol. The largest absolute Gasteiger partial charge is 0.489 e. The Balaban J connectivity index is 1.55. The van der Waals surface area contributed by atoms with Crippen LogP contribution in [0.25, 0.3) is 11.3 Å². The van der Waals surface area contributed by atoms with E-state index in [9.17, 15) is 5.26 Å². The maximum atomic E-state index is 9.55. The van der Waals surface area contributed by atoms with Crippen molar-refractivity contribution in [2.45, 2.75) is 18.9 Å². The number of rotatable bonds is 5. The van der Waals surface area contributed by atoms with Gasteiger partial charge in [-0.3, -0.25) is 5.32 Å². The highest BCUT2D eigenvalue weighted by Crippen LogP contribution is 2.28. The summed E-state index contributed by atoms with van der Waals surface area (Å²) in [7, 11) is 0. The van der Waals surface area contributed by atoms with Gasteiger partial charge in [0.2, 0.25) is 11.9 Å². The van der Waals surface area contributed by atoms with Crippen LogP contribution >= 0.6 is 0 Å². The third-order valence-corrected chi connectivity index (χ3v) is 4.30. The third-order valence-electron chi connectivity index (χ3n) is 4.30. The summed E-state index contributed by atoms with van der Waals surface area (Å²) in [4.78, 5) is 16.9. The summed E-state index contributed by atoms with van der Waals surface area (Å²) in [5.41, 5.74) is 1.96. The molecule has 8 heteroatoms. The quantitative estimate of drug-likeness (QED) is 0.726. The molecule has 3 heterocycles. The average Bonchev–Trinajstić information content (AvgIpc) is 2.76. The van der Waals surface area contributed by atoms with Crippen LogP contribution in [0, 0.1) is 11.3 Å². The molecule has 3 aromatic rings. The lowest BCUT2D eigenvalue weighted by Gasteiger charge is -2.23. The number of aromatic nitrogens is 4. The number of nitrogens with one attached hydrogen (secondary N) is 1. The standard InChI is InChI=1S/C20H18N6O2/c21-13-15-12-14(2-3-18(15)28-16-5-10-27-11-6-16)17-4-9-24-20(25-17)26-19-22-7-1-8-23-19/h1-4,7-9,12,16H,5-6,10-11H2,(H,22,23,24,25,26). The normalized spacial score (nSPS) is 14.2. The number of nitrogens with zero attached hydrogens (tertiary/aromatic N) is 5. The Bertz CT molecular complexity index is 983. The van der Waals surface area contributed by atoms with Crippen LogP contribution in [0.5, 0.6) is 5.75 Å². The molecule has 0 aliphatic carbocycles. The van der Waals surface area contributed by atoms with Gasteiger partial charge in [-0.2, -0.15) is 5.26 Å². The summed E-state index contributed by atoms with van der Waals surface area (Å²) in [6.45, 7) is 1.37. The van der Waals surface area contributed by atoms with Crippen LogP contribution in [0.3, 0.4) is 0 Å².